The average Bonchev–Trinajstić information content (AvgIpc) is 3.47. The van der Waals surface area contributed by atoms with Gasteiger partial charge in [-0.15, -0.1) is 23.5 Å². The molecule has 2 N–H and O–H groups in total. The van der Waals surface area contributed by atoms with E-state index < -0.39 is 23.9 Å². The number of carboxylic acid groups (broad SMARTS) is 2. The molecule has 0 bridgehead atoms. The van der Waals surface area contributed by atoms with Gasteiger partial charge in [0, 0.05) is 56.5 Å². The van der Waals surface area contributed by atoms with E-state index in [1.165, 1.54) is 35.7 Å². The van der Waals surface area contributed by atoms with E-state index in [1.54, 1.807) is 23.2 Å². The average molecular weight is 613 g/mol. The number of para-hydroxylation sites is 2. The zero-order valence-electron chi connectivity index (χ0n) is 23.4. The van der Waals surface area contributed by atoms with E-state index in [9.17, 15) is 29.4 Å². The highest BCUT2D eigenvalue weighted by Gasteiger charge is 2.32. The predicted octanol–water partition coefficient (Wildman–Crippen LogP) is 6.81. The Labute approximate surface area is 253 Å². The van der Waals surface area contributed by atoms with Gasteiger partial charge in [-0.05, 0) is 36.8 Å². The van der Waals surface area contributed by atoms with Gasteiger partial charge in [-0.1, -0.05) is 36.4 Å². The Morgan fingerprint density at radius 1 is 0.651 bits per heavy atom. The van der Waals surface area contributed by atoms with E-state index in [2.05, 4.69) is 0 Å². The van der Waals surface area contributed by atoms with E-state index in [-0.39, 0.29) is 22.3 Å². The van der Waals surface area contributed by atoms with Gasteiger partial charge in [-0.3, -0.25) is 0 Å². The summed E-state index contributed by atoms with van der Waals surface area (Å²) in [6.07, 6.45) is 3.62. The first kappa shape index (κ1) is 28.4. The van der Waals surface area contributed by atoms with Crippen molar-refractivity contribution in [2.75, 3.05) is 12.5 Å². The van der Waals surface area contributed by atoms with Crippen LogP contribution in [0.4, 0.5) is 0 Å². The lowest BCUT2D eigenvalue weighted by Crippen LogP contribution is -2.20. The maximum absolute atomic E-state index is 13.9. The predicted molar refractivity (Wildman–Crippen MR) is 168 cm³/mol. The number of aromatic carboxylic acids is 2. The summed E-state index contributed by atoms with van der Waals surface area (Å²) in [6, 6.07) is 17.6. The Morgan fingerprint density at radius 2 is 1.02 bits per heavy atom. The summed E-state index contributed by atoms with van der Waals surface area (Å²) in [4.78, 5) is 54.0. The molecule has 6 aromatic rings. The molecule has 9 nitrogen and oxygen atoms in total. The molecular formula is C32H24N2O7S2. The number of hydrogen-bond donors (Lipinski definition) is 2. The summed E-state index contributed by atoms with van der Waals surface area (Å²) in [6.45, 7) is 0. The third kappa shape index (κ3) is 4.18. The molecule has 0 aliphatic carbocycles. The van der Waals surface area contributed by atoms with Gasteiger partial charge in [0.15, 0.2) is 0 Å². The zero-order valence-corrected chi connectivity index (χ0v) is 25.1. The van der Waals surface area contributed by atoms with Crippen LogP contribution in [-0.2, 0) is 18.8 Å². The van der Waals surface area contributed by atoms with Crippen molar-refractivity contribution >= 4 is 91.0 Å². The molecule has 0 amide bonds. The van der Waals surface area contributed by atoms with Crippen LogP contribution in [0.1, 0.15) is 41.4 Å². The van der Waals surface area contributed by atoms with Gasteiger partial charge in [0.1, 0.15) is 0 Å². The fraction of sp³-hybridized carbons (Fsp3) is 0.125. The van der Waals surface area contributed by atoms with Gasteiger partial charge in [-0.25, -0.2) is 19.2 Å². The quantitative estimate of drug-likeness (QED) is 0.118. The summed E-state index contributed by atoms with van der Waals surface area (Å²) >= 11 is 2.67. The smallest absolute Gasteiger partial charge is 0.349 e. The minimum absolute atomic E-state index is 0.293. The molecule has 0 radical (unpaired) electrons. The van der Waals surface area contributed by atoms with Crippen molar-refractivity contribution in [2.45, 2.75) is 9.79 Å². The molecule has 216 valence electrons. The molecule has 0 saturated heterocycles. The highest BCUT2D eigenvalue weighted by molar-refractivity contribution is 7.99. The number of carbonyl (C=O) groups excluding carboxylic acids is 2. The van der Waals surface area contributed by atoms with Crippen LogP contribution in [0.3, 0.4) is 0 Å². The van der Waals surface area contributed by atoms with Crippen LogP contribution in [0.5, 0.6) is 0 Å². The highest BCUT2D eigenvalue weighted by Crippen LogP contribution is 2.41. The molecule has 0 fully saturated rings. The number of rotatable bonds is 6. The molecule has 2 heterocycles. The minimum Gasteiger partial charge on any atom is -0.478 e. The molecule has 0 aliphatic heterocycles. The number of benzene rings is 4. The zero-order chi connectivity index (χ0) is 30.7. The molecule has 11 heteroatoms. The van der Waals surface area contributed by atoms with Crippen LogP contribution in [-0.4, -0.2) is 55.7 Å². The van der Waals surface area contributed by atoms with Crippen molar-refractivity contribution in [3.05, 3.63) is 82.9 Å². The highest BCUT2D eigenvalue weighted by atomic mass is 32.2. The standard InChI is InChI=1S/C32H24N2O7S2/c1-33-19-11-7-5-9-15(19)23-21(42-3)13-17(29(35)36)25(27(23)33)31(39)41-32(40)26-18(30(37)38)14-22(43-4)24-16-10-6-8-12-20(16)34(2)28(24)26/h5-14H,1-4H3,(H,35,36)(H,37,38). The van der Waals surface area contributed by atoms with Crippen LogP contribution < -0.4 is 0 Å². The maximum atomic E-state index is 13.9. The van der Waals surface area contributed by atoms with Crippen molar-refractivity contribution in [1.82, 2.24) is 9.13 Å². The second-order valence-electron chi connectivity index (χ2n) is 9.89. The van der Waals surface area contributed by atoms with E-state index in [0.29, 0.717) is 31.6 Å². The van der Waals surface area contributed by atoms with Gasteiger partial charge in [-0.2, -0.15) is 0 Å². The van der Waals surface area contributed by atoms with Crippen molar-refractivity contribution in [2.24, 2.45) is 14.1 Å². The van der Waals surface area contributed by atoms with Crippen molar-refractivity contribution in [1.29, 1.82) is 0 Å². The number of hydrogen-bond acceptors (Lipinski definition) is 7. The molecule has 6 rings (SSSR count). The fourth-order valence-electron chi connectivity index (χ4n) is 5.94. The summed E-state index contributed by atoms with van der Waals surface area (Å²) in [5.41, 5.74) is 0.875. The lowest BCUT2D eigenvalue weighted by Gasteiger charge is -2.14. The Balaban J connectivity index is 1.61. The number of thioether (sulfide) groups is 2. The Hall–Kier alpha value is -4.74. The second-order valence-corrected chi connectivity index (χ2v) is 11.6. The topological polar surface area (TPSA) is 128 Å². The third-order valence-corrected chi connectivity index (χ3v) is 9.29. The second kappa shape index (κ2) is 10.5. The first-order chi connectivity index (χ1) is 20.6. The normalized spacial score (nSPS) is 11.5. The van der Waals surface area contributed by atoms with Gasteiger partial charge in [0.05, 0.1) is 33.3 Å². The number of fused-ring (bicyclic) bond motifs is 6. The number of ether oxygens (including phenoxy) is 1. The maximum Gasteiger partial charge on any atom is 0.349 e. The Bertz CT molecular complexity index is 2060. The summed E-state index contributed by atoms with van der Waals surface area (Å²) in [5.74, 6) is -5.12. The number of nitrogens with zero attached hydrogens (tertiary/aromatic N) is 2. The molecule has 0 atom stereocenters. The molecular weight excluding hydrogens is 588 g/mol. The first-order valence-corrected chi connectivity index (χ1v) is 15.4. The third-order valence-electron chi connectivity index (χ3n) is 7.76. The van der Waals surface area contributed by atoms with E-state index in [1.807, 2.05) is 61.0 Å². The number of carbonyl (C=O) groups is 4. The molecule has 0 aliphatic rings. The van der Waals surface area contributed by atoms with Crippen LogP contribution >= 0.6 is 23.5 Å². The fourth-order valence-corrected chi connectivity index (χ4v) is 7.23. The van der Waals surface area contributed by atoms with Crippen LogP contribution in [0.15, 0.2) is 70.5 Å². The minimum atomic E-state index is -1.37. The molecule has 43 heavy (non-hydrogen) atoms. The lowest BCUT2D eigenvalue weighted by atomic mass is 10.0. The largest absolute Gasteiger partial charge is 0.478 e. The van der Waals surface area contributed by atoms with Crippen molar-refractivity contribution in [3.63, 3.8) is 0 Å². The van der Waals surface area contributed by atoms with Crippen LogP contribution in [0.2, 0.25) is 0 Å². The number of esters is 2. The molecule has 0 unspecified atom stereocenters. The van der Waals surface area contributed by atoms with Crippen LogP contribution in [0.25, 0.3) is 43.6 Å². The van der Waals surface area contributed by atoms with Gasteiger partial charge < -0.3 is 24.1 Å². The monoisotopic (exact) mass is 612 g/mol. The van der Waals surface area contributed by atoms with Crippen molar-refractivity contribution in [3.8, 4) is 0 Å². The van der Waals surface area contributed by atoms with Crippen molar-refractivity contribution < 1.29 is 34.1 Å². The molecule has 2 aromatic heterocycles. The molecule has 4 aromatic carbocycles. The van der Waals surface area contributed by atoms with Gasteiger partial charge >= 0.3 is 23.9 Å². The van der Waals surface area contributed by atoms with E-state index >= 15 is 0 Å². The molecule has 0 spiro atoms. The van der Waals surface area contributed by atoms with E-state index in [4.69, 9.17) is 4.74 Å². The summed E-state index contributed by atoms with van der Waals surface area (Å²) in [5, 5.41) is 23.2. The SMILES string of the molecule is CSc1cc(C(=O)O)c(C(=O)OC(=O)c2c(C(=O)O)cc(SC)c3c4ccccc4n(C)c23)c2c1c1ccccc1n2C. The summed E-state index contributed by atoms with van der Waals surface area (Å²) < 4.78 is 8.83. The number of aryl methyl sites for hydroxylation is 2. The van der Waals surface area contributed by atoms with Gasteiger partial charge in [0.25, 0.3) is 0 Å². The molecule has 0 saturated carbocycles. The first-order valence-electron chi connectivity index (χ1n) is 13.0. The Morgan fingerprint density at radius 3 is 1.37 bits per heavy atom. The van der Waals surface area contributed by atoms with Crippen LogP contribution in [0, 0.1) is 0 Å². The number of aromatic nitrogens is 2. The Kier molecular flexibility index (Phi) is 6.94. The number of carboxylic acids is 2. The van der Waals surface area contributed by atoms with Gasteiger partial charge in [0.2, 0.25) is 0 Å². The van der Waals surface area contributed by atoms with E-state index in [0.717, 1.165) is 21.8 Å². The summed E-state index contributed by atoms with van der Waals surface area (Å²) in [7, 11) is 3.42. The lowest BCUT2D eigenvalue weighted by molar-refractivity contribution is 0.0389.